The summed E-state index contributed by atoms with van der Waals surface area (Å²) in [6.45, 7) is 5.49. The van der Waals surface area contributed by atoms with E-state index in [2.05, 4.69) is 17.2 Å². The normalized spacial score (nSPS) is 13.6. The topological polar surface area (TPSA) is 71.1 Å². The van der Waals surface area contributed by atoms with Gasteiger partial charge in [-0.05, 0) is 49.2 Å². The number of rotatable bonds is 3. The monoisotopic (exact) mass is 367 g/mol. The van der Waals surface area contributed by atoms with Crippen LogP contribution in [0.2, 0.25) is 0 Å². The zero-order chi connectivity index (χ0) is 19.6. The molecule has 2 aromatic carbocycles. The van der Waals surface area contributed by atoms with E-state index < -0.39 is 0 Å². The fraction of sp³-hybridized carbons (Fsp3) is 0.318. The molecule has 1 aliphatic heterocycles. The third-order valence-corrected chi connectivity index (χ3v) is 4.13. The molecule has 1 aliphatic rings. The second-order valence-electron chi connectivity index (χ2n) is 5.96. The number of nitrogen functional groups attached to an aromatic ring is 1. The first-order chi connectivity index (χ1) is 13.2. The first-order valence-electron chi connectivity index (χ1n) is 9.21. The first kappa shape index (κ1) is 20.5. The molecule has 0 spiro atoms. The van der Waals surface area contributed by atoms with Gasteiger partial charge >= 0.3 is 0 Å². The van der Waals surface area contributed by atoms with Gasteiger partial charge in [-0.3, -0.25) is 0 Å². The maximum absolute atomic E-state index is 13.1. The molecule has 0 saturated carbocycles. The minimum atomic E-state index is -0.289. The van der Waals surface area contributed by atoms with Crippen molar-refractivity contribution in [2.24, 2.45) is 5.92 Å². The van der Waals surface area contributed by atoms with Crippen molar-refractivity contribution in [3.05, 3.63) is 53.3 Å². The summed E-state index contributed by atoms with van der Waals surface area (Å²) < 4.78 is 18.5. The van der Waals surface area contributed by atoms with Gasteiger partial charge in [0.2, 0.25) is 0 Å². The fourth-order valence-electron chi connectivity index (χ4n) is 2.68. The molecule has 2 aromatic rings. The molecular weight excluding hydrogens is 341 g/mol. The van der Waals surface area contributed by atoms with Crippen molar-refractivity contribution in [3.8, 4) is 11.8 Å². The van der Waals surface area contributed by atoms with E-state index in [4.69, 9.17) is 15.9 Å². The van der Waals surface area contributed by atoms with Crippen LogP contribution in [0.4, 0.5) is 21.5 Å². The van der Waals surface area contributed by atoms with Crippen LogP contribution in [0.1, 0.15) is 37.8 Å². The van der Waals surface area contributed by atoms with Gasteiger partial charge in [-0.1, -0.05) is 25.7 Å². The minimum absolute atomic E-state index is 0.289. The minimum Gasteiger partial charge on any atom is -0.398 e. The lowest BCUT2D eigenvalue weighted by Gasteiger charge is -2.17. The molecule has 27 heavy (non-hydrogen) atoms. The van der Waals surface area contributed by atoms with Crippen molar-refractivity contribution < 1.29 is 9.13 Å². The maximum atomic E-state index is 13.1. The second-order valence-corrected chi connectivity index (χ2v) is 5.96. The van der Waals surface area contributed by atoms with E-state index in [1.807, 2.05) is 13.8 Å². The number of ether oxygens (including phenoxy) is 1. The van der Waals surface area contributed by atoms with E-state index in [0.29, 0.717) is 17.2 Å². The van der Waals surface area contributed by atoms with E-state index in [-0.39, 0.29) is 5.82 Å². The van der Waals surface area contributed by atoms with E-state index in [1.54, 1.807) is 24.3 Å². The van der Waals surface area contributed by atoms with Gasteiger partial charge in [0, 0.05) is 42.3 Å². The Labute approximate surface area is 160 Å². The Morgan fingerprint density at radius 2 is 1.85 bits per heavy atom. The molecule has 5 heteroatoms. The molecule has 4 N–H and O–H groups in total. The Morgan fingerprint density at radius 1 is 1.19 bits per heavy atom. The predicted octanol–water partition coefficient (Wildman–Crippen LogP) is 4.95. The van der Waals surface area contributed by atoms with Crippen LogP contribution in [0, 0.1) is 29.0 Å². The zero-order valence-electron chi connectivity index (χ0n) is 15.8. The molecule has 4 nitrogen and oxygen atoms in total. The summed E-state index contributed by atoms with van der Waals surface area (Å²) in [7, 11) is 0. The van der Waals surface area contributed by atoms with Gasteiger partial charge in [0.05, 0.1) is 11.3 Å². The van der Waals surface area contributed by atoms with Crippen LogP contribution in [0.5, 0.6) is 0 Å². The number of hydrogen-bond donors (Lipinski definition) is 3. The maximum Gasteiger partial charge on any atom is 0.123 e. The van der Waals surface area contributed by atoms with Gasteiger partial charge < -0.3 is 21.2 Å². The van der Waals surface area contributed by atoms with Crippen LogP contribution in [0.15, 0.2) is 36.4 Å². The second kappa shape index (κ2) is 10.3. The zero-order valence-corrected chi connectivity index (χ0v) is 15.8. The van der Waals surface area contributed by atoms with Gasteiger partial charge in [-0.15, -0.1) is 0 Å². The molecule has 1 fully saturated rings. The Bertz CT molecular complexity index is 816. The van der Waals surface area contributed by atoms with Gasteiger partial charge in [0.1, 0.15) is 5.82 Å². The van der Waals surface area contributed by atoms with Crippen LogP contribution < -0.4 is 11.1 Å². The van der Waals surface area contributed by atoms with Gasteiger partial charge in [-0.2, -0.15) is 0 Å². The smallest absolute Gasteiger partial charge is 0.123 e. The van der Waals surface area contributed by atoms with Crippen molar-refractivity contribution >= 4 is 23.3 Å². The van der Waals surface area contributed by atoms with E-state index in [0.717, 1.165) is 43.0 Å². The average molecular weight is 367 g/mol. The largest absolute Gasteiger partial charge is 0.398 e. The molecule has 1 saturated heterocycles. The van der Waals surface area contributed by atoms with E-state index >= 15 is 0 Å². The molecule has 0 aliphatic carbocycles. The van der Waals surface area contributed by atoms with Crippen molar-refractivity contribution in [2.75, 3.05) is 24.3 Å². The number of nitrogens with two attached hydrogens (primary N) is 1. The van der Waals surface area contributed by atoms with Crippen molar-refractivity contribution in [2.45, 2.75) is 26.7 Å². The molecular formula is C22H26FN3O. The predicted molar refractivity (Wildman–Crippen MR) is 110 cm³/mol. The number of benzene rings is 2. The van der Waals surface area contributed by atoms with E-state index in [9.17, 15) is 4.39 Å². The lowest BCUT2D eigenvalue weighted by Crippen LogP contribution is -2.13. The number of anilines is 3. The molecule has 3 rings (SSSR count). The number of halogens is 1. The quantitative estimate of drug-likeness (QED) is 0.408. The third-order valence-electron chi connectivity index (χ3n) is 4.13. The lowest BCUT2D eigenvalue weighted by molar-refractivity contribution is 0.0807. The van der Waals surface area contributed by atoms with Crippen LogP contribution in [-0.4, -0.2) is 19.4 Å². The summed E-state index contributed by atoms with van der Waals surface area (Å²) in [5.74, 6) is 6.53. The molecule has 0 amide bonds. The van der Waals surface area contributed by atoms with Gasteiger partial charge in [-0.25, -0.2) is 4.39 Å². The molecule has 0 radical (unpaired) electrons. The summed E-state index contributed by atoms with van der Waals surface area (Å²) >= 11 is 0. The van der Waals surface area contributed by atoms with Crippen LogP contribution in [0.3, 0.4) is 0 Å². The van der Waals surface area contributed by atoms with Crippen LogP contribution >= 0.6 is 0 Å². The highest BCUT2D eigenvalue weighted by atomic mass is 19.1. The molecule has 0 atom stereocenters. The van der Waals surface area contributed by atoms with Crippen LogP contribution in [-0.2, 0) is 4.74 Å². The van der Waals surface area contributed by atoms with Crippen LogP contribution in [0.25, 0.3) is 0 Å². The Hall–Kier alpha value is -2.84. The Balaban J connectivity index is 0.00000126. The highest BCUT2D eigenvalue weighted by Crippen LogP contribution is 2.26. The highest BCUT2D eigenvalue weighted by molar-refractivity contribution is 5.89. The summed E-state index contributed by atoms with van der Waals surface area (Å²) in [6.07, 6.45) is 3.07. The van der Waals surface area contributed by atoms with Crippen molar-refractivity contribution in [1.82, 2.24) is 0 Å². The number of hydrogen-bond acceptors (Lipinski definition) is 4. The molecule has 1 heterocycles. The Kier molecular flexibility index (Phi) is 7.84. The summed E-state index contributed by atoms with van der Waals surface area (Å²) in [5, 5.41) is 10.7. The van der Waals surface area contributed by atoms with Gasteiger partial charge in [0.15, 0.2) is 0 Å². The third kappa shape index (κ3) is 5.83. The highest BCUT2D eigenvalue weighted by Gasteiger charge is 2.11. The average Bonchev–Trinajstić information content (AvgIpc) is 2.72. The standard InChI is InChI=1S/C20H20FN3O.C2H6/c21-17-3-5-18(6-4-17)24-20-12-16(13-22)19(23)11-15(20)2-1-14-7-9-25-10-8-14;1-2/h3-6,11-14,22,24H,7-10,23H2;1-2H3. The van der Waals surface area contributed by atoms with Gasteiger partial charge in [0.25, 0.3) is 0 Å². The summed E-state index contributed by atoms with van der Waals surface area (Å²) in [6, 6.07) is 9.67. The molecule has 0 bridgehead atoms. The SMILES string of the molecule is CC.N=Cc1cc(Nc2ccc(F)cc2)c(C#CC2CCOCC2)cc1N. The van der Waals surface area contributed by atoms with Crippen molar-refractivity contribution in [3.63, 3.8) is 0 Å². The first-order valence-corrected chi connectivity index (χ1v) is 9.21. The molecule has 0 unspecified atom stereocenters. The summed E-state index contributed by atoms with van der Waals surface area (Å²) in [5.41, 5.74) is 9.39. The fourth-order valence-corrected chi connectivity index (χ4v) is 2.68. The Morgan fingerprint density at radius 3 is 2.48 bits per heavy atom. The molecule has 0 aromatic heterocycles. The molecule has 142 valence electrons. The summed E-state index contributed by atoms with van der Waals surface area (Å²) in [4.78, 5) is 0. The van der Waals surface area contributed by atoms with E-state index in [1.165, 1.54) is 18.3 Å². The lowest BCUT2D eigenvalue weighted by atomic mass is 10.00. The van der Waals surface area contributed by atoms with Crippen molar-refractivity contribution in [1.29, 1.82) is 5.41 Å². The number of nitrogens with one attached hydrogen (secondary N) is 2.